The number of ketones is 1. The Morgan fingerprint density at radius 1 is 1.14 bits per heavy atom. The van der Waals surface area contributed by atoms with Crippen LogP contribution in [0.15, 0.2) is 24.3 Å². The van der Waals surface area contributed by atoms with Crippen molar-refractivity contribution >= 4 is 5.78 Å². The number of benzene rings is 1. The summed E-state index contributed by atoms with van der Waals surface area (Å²) >= 11 is 0. The zero-order valence-electron chi connectivity index (χ0n) is 12.1. The highest BCUT2D eigenvalue weighted by Gasteiger charge is 2.31. The molecule has 1 atom stereocenters. The topological polar surface area (TPSA) is 35.5 Å². The summed E-state index contributed by atoms with van der Waals surface area (Å²) in [5.74, 6) is -0.390. The highest BCUT2D eigenvalue weighted by molar-refractivity contribution is 5.84. The molecule has 0 aromatic heterocycles. The number of hydrogen-bond donors (Lipinski definition) is 0. The Morgan fingerprint density at radius 2 is 1.76 bits per heavy atom. The predicted molar refractivity (Wildman–Crippen MR) is 72.0 cm³/mol. The van der Waals surface area contributed by atoms with E-state index in [0.29, 0.717) is 25.0 Å². The van der Waals surface area contributed by atoms with E-state index in [4.69, 9.17) is 4.74 Å². The van der Waals surface area contributed by atoms with Gasteiger partial charge in [-0.2, -0.15) is 0 Å². The van der Waals surface area contributed by atoms with Crippen LogP contribution in [0.1, 0.15) is 44.8 Å². The van der Waals surface area contributed by atoms with Crippen molar-refractivity contribution in [2.75, 3.05) is 6.61 Å². The van der Waals surface area contributed by atoms with Gasteiger partial charge in [-0.25, -0.2) is 0 Å². The van der Waals surface area contributed by atoms with Crippen LogP contribution in [0.3, 0.4) is 0 Å². The first-order chi connectivity index (χ1) is 9.87. The number of Topliss-reactive ketones (excluding diaryl/α,β-unsaturated/α-hetero) is 1. The smallest absolute Gasteiger partial charge is 0.406 e. The zero-order chi connectivity index (χ0) is 15.9. The molecule has 1 aromatic carbocycles. The molecule has 1 aromatic rings. The standard InChI is InChI=1S/C15H19F3O3/c1-3-5-13(19)14(20-10-4-2)11-6-8-12(9-7-11)21-15(16,17)18/h6-9,14H,3-5,10H2,1-2H3. The first kappa shape index (κ1) is 17.5. The first-order valence-corrected chi connectivity index (χ1v) is 6.87. The fourth-order valence-electron chi connectivity index (χ4n) is 1.83. The molecule has 3 nitrogen and oxygen atoms in total. The average Bonchev–Trinajstić information content (AvgIpc) is 2.39. The lowest BCUT2D eigenvalue weighted by atomic mass is 10.0. The van der Waals surface area contributed by atoms with Crippen LogP contribution in [0.5, 0.6) is 5.75 Å². The highest BCUT2D eigenvalue weighted by Crippen LogP contribution is 2.26. The van der Waals surface area contributed by atoms with E-state index in [2.05, 4.69) is 4.74 Å². The van der Waals surface area contributed by atoms with Gasteiger partial charge in [0, 0.05) is 13.0 Å². The van der Waals surface area contributed by atoms with Gasteiger partial charge in [0.05, 0.1) is 0 Å². The summed E-state index contributed by atoms with van der Waals surface area (Å²) in [5, 5.41) is 0. The lowest BCUT2D eigenvalue weighted by Gasteiger charge is -2.17. The number of halogens is 3. The number of hydrogen-bond acceptors (Lipinski definition) is 3. The molecule has 0 radical (unpaired) electrons. The maximum Gasteiger partial charge on any atom is 0.573 e. The lowest BCUT2D eigenvalue weighted by molar-refractivity contribution is -0.274. The molecule has 0 saturated carbocycles. The molecule has 0 spiro atoms. The first-order valence-electron chi connectivity index (χ1n) is 6.87. The summed E-state index contributed by atoms with van der Waals surface area (Å²) in [6.07, 6.45) is -3.64. The number of rotatable bonds is 8. The van der Waals surface area contributed by atoms with Gasteiger partial charge in [0.15, 0.2) is 5.78 Å². The molecular formula is C15H19F3O3. The number of carbonyl (C=O) groups excluding carboxylic acids is 1. The van der Waals surface area contributed by atoms with Gasteiger partial charge < -0.3 is 9.47 Å². The van der Waals surface area contributed by atoms with E-state index in [-0.39, 0.29) is 11.5 Å². The zero-order valence-corrected chi connectivity index (χ0v) is 12.1. The van der Waals surface area contributed by atoms with E-state index in [1.54, 1.807) is 0 Å². The highest BCUT2D eigenvalue weighted by atomic mass is 19.4. The Morgan fingerprint density at radius 3 is 2.24 bits per heavy atom. The fourth-order valence-corrected chi connectivity index (χ4v) is 1.83. The molecule has 0 heterocycles. The average molecular weight is 304 g/mol. The maximum atomic E-state index is 12.1. The van der Waals surface area contributed by atoms with Crippen molar-refractivity contribution in [3.05, 3.63) is 29.8 Å². The molecule has 118 valence electrons. The van der Waals surface area contributed by atoms with E-state index in [1.165, 1.54) is 24.3 Å². The minimum atomic E-state index is -4.72. The van der Waals surface area contributed by atoms with Gasteiger partial charge >= 0.3 is 6.36 Å². The Hall–Kier alpha value is -1.56. The van der Waals surface area contributed by atoms with Gasteiger partial charge in [0.2, 0.25) is 0 Å². The molecule has 0 aliphatic rings. The normalized spacial score (nSPS) is 13.0. The van der Waals surface area contributed by atoms with Gasteiger partial charge in [0.25, 0.3) is 0 Å². The van der Waals surface area contributed by atoms with Crippen LogP contribution < -0.4 is 4.74 Å². The van der Waals surface area contributed by atoms with Gasteiger partial charge in [0.1, 0.15) is 11.9 Å². The van der Waals surface area contributed by atoms with Crippen LogP contribution in [0.4, 0.5) is 13.2 Å². The van der Waals surface area contributed by atoms with Gasteiger partial charge in [-0.15, -0.1) is 13.2 Å². The van der Waals surface area contributed by atoms with E-state index in [1.807, 2.05) is 13.8 Å². The lowest BCUT2D eigenvalue weighted by Crippen LogP contribution is -2.18. The molecule has 0 aliphatic heterocycles. The summed E-state index contributed by atoms with van der Waals surface area (Å²) in [7, 11) is 0. The Bertz CT molecular complexity index is 440. The van der Waals surface area contributed by atoms with Crippen molar-refractivity contribution in [1.29, 1.82) is 0 Å². The largest absolute Gasteiger partial charge is 0.573 e. The van der Waals surface area contributed by atoms with Gasteiger partial charge in [-0.05, 0) is 30.5 Å². The molecule has 1 rings (SSSR count). The van der Waals surface area contributed by atoms with E-state index >= 15 is 0 Å². The summed E-state index contributed by atoms with van der Waals surface area (Å²) in [6.45, 7) is 4.22. The van der Waals surface area contributed by atoms with E-state index < -0.39 is 12.5 Å². The van der Waals surface area contributed by atoms with Crippen LogP contribution in [-0.2, 0) is 9.53 Å². The second-order valence-corrected chi connectivity index (χ2v) is 4.58. The molecule has 0 amide bonds. The van der Waals surface area contributed by atoms with Crippen molar-refractivity contribution < 1.29 is 27.4 Å². The minimum Gasteiger partial charge on any atom is -0.406 e. The third-order valence-corrected chi connectivity index (χ3v) is 2.69. The van der Waals surface area contributed by atoms with Crippen molar-refractivity contribution in [1.82, 2.24) is 0 Å². The van der Waals surface area contributed by atoms with Crippen LogP contribution in [0, 0.1) is 0 Å². The van der Waals surface area contributed by atoms with E-state index in [9.17, 15) is 18.0 Å². The van der Waals surface area contributed by atoms with Crippen molar-refractivity contribution in [2.45, 2.75) is 45.6 Å². The molecule has 0 N–H and O–H groups in total. The minimum absolute atomic E-state index is 0.0737. The van der Waals surface area contributed by atoms with E-state index in [0.717, 1.165) is 6.42 Å². The molecule has 6 heteroatoms. The molecule has 21 heavy (non-hydrogen) atoms. The number of alkyl halides is 3. The van der Waals surface area contributed by atoms with Crippen LogP contribution >= 0.6 is 0 Å². The SMILES string of the molecule is CCCOC(C(=O)CCC)c1ccc(OC(F)(F)F)cc1. The van der Waals surface area contributed by atoms with Gasteiger partial charge in [-0.1, -0.05) is 26.0 Å². The van der Waals surface area contributed by atoms with Crippen LogP contribution in [0.2, 0.25) is 0 Å². The summed E-state index contributed by atoms with van der Waals surface area (Å²) in [6, 6.07) is 5.22. The van der Waals surface area contributed by atoms with Gasteiger partial charge in [-0.3, -0.25) is 4.79 Å². The van der Waals surface area contributed by atoms with Crippen molar-refractivity contribution in [3.63, 3.8) is 0 Å². The molecule has 0 fully saturated rings. The molecule has 0 aliphatic carbocycles. The summed E-state index contributed by atoms with van der Waals surface area (Å²) in [5.41, 5.74) is 0.538. The second-order valence-electron chi connectivity index (χ2n) is 4.58. The summed E-state index contributed by atoms with van der Waals surface area (Å²) < 4.78 is 45.6. The Labute approximate surface area is 122 Å². The third kappa shape index (κ3) is 6.16. The predicted octanol–water partition coefficient (Wildman–Crippen LogP) is 4.42. The Kier molecular flexibility index (Phi) is 6.68. The summed E-state index contributed by atoms with van der Waals surface area (Å²) in [4.78, 5) is 12.0. The number of carbonyl (C=O) groups is 1. The van der Waals surface area contributed by atoms with Crippen molar-refractivity contribution in [2.24, 2.45) is 0 Å². The second kappa shape index (κ2) is 8.02. The third-order valence-electron chi connectivity index (χ3n) is 2.69. The molecular weight excluding hydrogens is 285 g/mol. The quantitative estimate of drug-likeness (QED) is 0.713. The maximum absolute atomic E-state index is 12.1. The molecule has 1 unspecified atom stereocenters. The van der Waals surface area contributed by atoms with Crippen molar-refractivity contribution in [3.8, 4) is 5.75 Å². The monoisotopic (exact) mass is 304 g/mol. The number of ether oxygens (including phenoxy) is 2. The molecule has 0 bridgehead atoms. The van der Waals surface area contributed by atoms with Crippen LogP contribution in [-0.4, -0.2) is 18.8 Å². The fraction of sp³-hybridized carbons (Fsp3) is 0.533. The molecule has 0 saturated heterocycles. The Balaban J connectivity index is 2.85. The van der Waals surface area contributed by atoms with Crippen LogP contribution in [0.25, 0.3) is 0 Å².